The van der Waals surface area contributed by atoms with Gasteiger partial charge in [-0.1, -0.05) is 18.2 Å². The van der Waals surface area contributed by atoms with Gasteiger partial charge in [0.2, 0.25) is 0 Å². The highest BCUT2D eigenvalue weighted by Gasteiger charge is 2.21. The van der Waals surface area contributed by atoms with Gasteiger partial charge in [0.15, 0.2) is 6.23 Å². The highest BCUT2D eigenvalue weighted by Crippen LogP contribution is 2.21. The van der Waals surface area contributed by atoms with Crippen LogP contribution in [0.2, 0.25) is 0 Å². The molecule has 1 aliphatic rings. The summed E-state index contributed by atoms with van der Waals surface area (Å²) in [5, 5.41) is 11.2. The van der Waals surface area contributed by atoms with Crippen molar-refractivity contribution in [1.29, 1.82) is 0 Å². The maximum atomic E-state index is 11.6. The van der Waals surface area contributed by atoms with E-state index in [1.165, 1.54) is 0 Å². The van der Waals surface area contributed by atoms with Crippen LogP contribution in [0.5, 0.6) is 0 Å². The molecule has 2 heterocycles. The molecule has 2 N–H and O–H groups in total. The molecule has 0 bridgehead atoms. The first-order valence-electron chi connectivity index (χ1n) is 5.18. The molecule has 5 heteroatoms. The minimum atomic E-state index is -0.221. The van der Waals surface area contributed by atoms with Crippen LogP contribution in [-0.4, -0.2) is 23.3 Å². The third-order valence-corrected chi connectivity index (χ3v) is 2.69. The predicted molar refractivity (Wildman–Crippen MR) is 59.1 cm³/mol. The van der Waals surface area contributed by atoms with Crippen molar-refractivity contribution in [3.05, 3.63) is 40.3 Å². The molecule has 5 nitrogen and oxygen atoms in total. The normalized spacial score (nSPS) is 20.4. The van der Waals surface area contributed by atoms with Crippen molar-refractivity contribution in [2.45, 2.75) is 6.23 Å². The molecule has 1 saturated heterocycles. The number of ether oxygens (including phenoxy) is 1. The number of hydrogen-bond donors (Lipinski definition) is 2. The molecule has 0 spiro atoms. The Hall–Kier alpha value is -1.72. The zero-order chi connectivity index (χ0) is 11.0. The minimum Gasteiger partial charge on any atom is -0.356 e. The summed E-state index contributed by atoms with van der Waals surface area (Å²) < 4.78 is 5.49. The van der Waals surface area contributed by atoms with Crippen LogP contribution in [0.3, 0.4) is 0 Å². The van der Waals surface area contributed by atoms with Crippen LogP contribution < -0.4 is 10.9 Å². The monoisotopic (exact) mass is 217 g/mol. The standard InChI is InChI=1S/C11H11N3O2/c15-10-8-4-2-1-3-7(8)9(13-14-10)11-12-5-6-16-11/h1-4,11-12H,5-6H2,(H,14,15). The average Bonchev–Trinajstić information content (AvgIpc) is 2.83. The number of rotatable bonds is 1. The molecule has 0 radical (unpaired) electrons. The lowest BCUT2D eigenvalue weighted by Crippen LogP contribution is -2.19. The molecule has 3 rings (SSSR count). The summed E-state index contributed by atoms with van der Waals surface area (Å²) in [7, 11) is 0. The van der Waals surface area contributed by atoms with E-state index >= 15 is 0 Å². The van der Waals surface area contributed by atoms with Crippen molar-refractivity contribution in [3.63, 3.8) is 0 Å². The van der Waals surface area contributed by atoms with Crippen LogP contribution in [0.4, 0.5) is 0 Å². The number of nitrogens with one attached hydrogen (secondary N) is 2. The number of hydrogen-bond acceptors (Lipinski definition) is 4. The van der Waals surface area contributed by atoms with Gasteiger partial charge in [0.1, 0.15) is 5.69 Å². The maximum Gasteiger partial charge on any atom is 0.272 e. The number of nitrogens with zero attached hydrogens (tertiary/aromatic N) is 1. The Balaban J connectivity index is 2.25. The Labute approximate surface area is 91.4 Å². The lowest BCUT2D eigenvalue weighted by Gasteiger charge is -2.10. The van der Waals surface area contributed by atoms with E-state index in [-0.39, 0.29) is 11.8 Å². The van der Waals surface area contributed by atoms with Gasteiger partial charge >= 0.3 is 0 Å². The quantitative estimate of drug-likeness (QED) is 0.731. The van der Waals surface area contributed by atoms with Gasteiger partial charge in [0.25, 0.3) is 5.56 Å². The average molecular weight is 217 g/mol. The zero-order valence-corrected chi connectivity index (χ0v) is 8.56. The molecular formula is C11H11N3O2. The molecule has 1 aromatic heterocycles. The van der Waals surface area contributed by atoms with E-state index in [9.17, 15) is 4.79 Å². The molecule has 16 heavy (non-hydrogen) atoms. The molecule has 1 aromatic carbocycles. The minimum absolute atomic E-state index is 0.169. The van der Waals surface area contributed by atoms with E-state index in [0.29, 0.717) is 12.0 Å². The van der Waals surface area contributed by atoms with Crippen molar-refractivity contribution in [1.82, 2.24) is 15.5 Å². The molecule has 1 unspecified atom stereocenters. The first-order chi connectivity index (χ1) is 7.86. The Morgan fingerprint density at radius 1 is 1.31 bits per heavy atom. The summed E-state index contributed by atoms with van der Waals surface area (Å²) in [5.74, 6) is 0. The summed E-state index contributed by atoms with van der Waals surface area (Å²) in [6, 6.07) is 7.40. The van der Waals surface area contributed by atoms with Crippen molar-refractivity contribution in [2.75, 3.05) is 13.2 Å². The number of benzene rings is 1. The van der Waals surface area contributed by atoms with Gasteiger partial charge in [0, 0.05) is 11.9 Å². The summed E-state index contributed by atoms with van der Waals surface area (Å²) in [6.45, 7) is 1.47. The van der Waals surface area contributed by atoms with E-state index in [0.717, 1.165) is 17.6 Å². The second kappa shape index (κ2) is 3.70. The van der Waals surface area contributed by atoms with Crippen LogP contribution in [-0.2, 0) is 4.74 Å². The Morgan fingerprint density at radius 3 is 2.88 bits per heavy atom. The summed E-state index contributed by atoms with van der Waals surface area (Å²) in [6.07, 6.45) is -0.221. The topological polar surface area (TPSA) is 67.0 Å². The second-order valence-electron chi connectivity index (χ2n) is 3.69. The first-order valence-corrected chi connectivity index (χ1v) is 5.18. The first kappa shape index (κ1) is 9.50. The van der Waals surface area contributed by atoms with Gasteiger partial charge in [-0.25, -0.2) is 5.10 Å². The third-order valence-electron chi connectivity index (χ3n) is 2.69. The predicted octanol–water partition coefficient (Wildman–Crippen LogP) is 0.541. The number of aromatic amines is 1. The Morgan fingerprint density at radius 2 is 2.12 bits per heavy atom. The molecule has 0 saturated carbocycles. The van der Waals surface area contributed by atoms with E-state index in [1.807, 2.05) is 18.2 Å². The molecule has 0 aliphatic carbocycles. The molecule has 82 valence electrons. The van der Waals surface area contributed by atoms with Crippen molar-refractivity contribution >= 4 is 10.8 Å². The van der Waals surface area contributed by atoms with Gasteiger partial charge in [-0.05, 0) is 6.07 Å². The molecule has 0 amide bonds. The summed E-state index contributed by atoms with van der Waals surface area (Å²) in [5.41, 5.74) is 0.574. The molecule has 1 atom stereocenters. The Kier molecular flexibility index (Phi) is 2.19. The van der Waals surface area contributed by atoms with Crippen LogP contribution >= 0.6 is 0 Å². The smallest absolute Gasteiger partial charge is 0.272 e. The van der Waals surface area contributed by atoms with E-state index < -0.39 is 0 Å². The van der Waals surface area contributed by atoms with Gasteiger partial charge < -0.3 is 4.74 Å². The van der Waals surface area contributed by atoms with Gasteiger partial charge in [-0.2, -0.15) is 5.10 Å². The number of aromatic nitrogens is 2. The SMILES string of the molecule is O=c1[nH]nc(C2NCCO2)c2ccccc12. The maximum absolute atomic E-state index is 11.6. The number of H-pyrrole nitrogens is 1. The third kappa shape index (κ3) is 1.41. The van der Waals surface area contributed by atoms with E-state index in [2.05, 4.69) is 15.5 Å². The lowest BCUT2D eigenvalue weighted by molar-refractivity contribution is 0.0990. The fourth-order valence-corrected chi connectivity index (χ4v) is 1.94. The highest BCUT2D eigenvalue weighted by atomic mass is 16.5. The van der Waals surface area contributed by atoms with Crippen LogP contribution in [0.1, 0.15) is 11.9 Å². The molecule has 2 aromatic rings. The van der Waals surface area contributed by atoms with Crippen molar-refractivity contribution in [3.8, 4) is 0 Å². The molecule has 1 aliphatic heterocycles. The van der Waals surface area contributed by atoms with Gasteiger partial charge in [0.05, 0.1) is 12.0 Å². The van der Waals surface area contributed by atoms with Crippen molar-refractivity contribution in [2.24, 2.45) is 0 Å². The highest BCUT2D eigenvalue weighted by molar-refractivity contribution is 5.83. The Bertz CT molecular complexity index is 573. The largest absolute Gasteiger partial charge is 0.356 e. The van der Waals surface area contributed by atoms with E-state index in [4.69, 9.17) is 4.74 Å². The zero-order valence-electron chi connectivity index (χ0n) is 8.56. The van der Waals surface area contributed by atoms with Crippen LogP contribution in [0.15, 0.2) is 29.1 Å². The van der Waals surface area contributed by atoms with Gasteiger partial charge in [-0.15, -0.1) is 0 Å². The molecular weight excluding hydrogens is 206 g/mol. The second-order valence-corrected chi connectivity index (χ2v) is 3.69. The summed E-state index contributed by atoms with van der Waals surface area (Å²) >= 11 is 0. The van der Waals surface area contributed by atoms with Crippen LogP contribution in [0, 0.1) is 0 Å². The lowest BCUT2D eigenvalue weighted by atomic mass is 10.1. The number of fused-ring (bicyclic) bond motifs is 1. The summed E-state index contributed by atoms with van der Waals surface area (Å²) in [4.78, 5) is 11.6. The fraction of sp³-hybridized carbons (Fsp3) is 0.273. The van der Waals surface area contributed by atoms with E-state index in [1.54, 1.807) is 6.07 Å². The van der Waals surface area contributed by atoms with Crippen LogP contribution in [0.25, 0.3) is 10.8 Å². The van der Waals surface area contributed by atoms with Gasteiger partial charge in [-0.3, -0.25) is 10.1 Å². The van der Waals surface area contributed by atoms with Crippen molar-refractivity contribution < 1.29 is 4.74 Å². The fourth-order valence-electron chi connectivity index (χ4n) is 1.94. The molecule has 1 fully saturated rings.